The summed E-state index contributed by atoms with van der Waals surface area (Å²) in [5.41, 5.74) is 4.37. The lowest BCUT2D eigenvalue weighted by Gasteiger charge is -2.17. The first-order valence-corrected chi connectivity index (χ1v) is 7.01. The summed E-state index contributed by atoms with van der Waals surface area (Å²) in [5, 5.41) is 11.5. The monoisotopic (exact) mass is 288 g/mol. The van der Waals surface area contributed by atoms with E-state index in [0.717, 1.165) is 16.9 Å². The van der Waals surface area contributed by atoms with Gasteiger partial charge in [0.25, 0.3) is 0 Å². The Bertz CT molecular complexity index is 618. The highest BCUT2D eigenvalue weighted by molar-refractivity contribution is 7.80. The van der Waals surface area contributed by atoms with Crippen molar-refractivity contribution in [2.75, 3.05) is 5.32 Å². The lowest BCUT2D eigenvalue weighted by Crippen LogP contribution is -2.31. The van der Waals surface area contributed by atoms with Crippen molar-refractivity contribution in [2.24, 2.45) is 7.05 Å². The Kier molecular flexibility index (Phi) is 4.39. The van der Waals surface area contributed by atoms with Crippen LogP contribution in [0.3, 0.4) is 0 Å². The van der Waals surface area contributed by atoms with E-state index >= 15 is 0 Å². The van der Waals surface area contributed by atoms with Crippen molar-refractivity contribution in [3.8, 4) is 0 Å². The van der Waals surface area contributed by atoms with Crippen molar-refractivity contribution < 1.29 is 0 Å². The normalized spacial score (nSPS) is 12.0. The lowest BCUT2D eigenvalue weighted by atomic mass is 10.1. The maximum absolute atomic E-state index is 5.37. The summed E-state index contributed by atoms with van der Waals surface area (Å²) in [4.78, 5) is 0. The minimum Gasteiger partial charge on any atom is -0.356 e. The van der Waals surface area contributed by atoms with Crippen LogP contribution in [0.1, 0.15) is 29.8 Å². The van der Waals surface area contributed by atoms with Gasteiger partial charge in [-0.25, -0.2) is 0 Å². The summed E-state index contributed by atoms with van der Waals surface area (Å²) in [5.74, 6) is 0. The van der Waals surface area contributed by atoms with Gasteiger partial charge in [-0.1, -0.05) is 18.2 Å². The third-order valence-electron chi connectivity index (χ3n) is 3.26. The molecule has 1 aromatic carbocycles. The van der Waals surface area contributed by atoms with E-state index in [0.29, 0.717) is 5.11 Å². The maximum atomic E-state index is 5.37. The molecular weight excluding hydrogens is 268 g/mol. The number of anilines is 1. The van der Waals surface area contributed by atoms with Crippen LogP contribution >= 0.6 is 12.2 Å². The molecule has 0 aliphatic rings. The molecule has 20 heavy (non-hydrogen) atoms. The van der Waals surface area contributed by atoms with Crippen LogP contribution in [-0.4, -0.2) is 14.9 Å². The predicted octanol–water partition coefficient (Wildman–Crippen LogP) is 3.08. The van der Waals surface area contributed by atoms with E-state index in [4.69, 9.17) is 12.2 Å². The molecule has 1 heterocycles. The van der Waals surface area contributed by atoms with Gasteiger partial charge in [0.15, 0.2) is 5.11 Å². The molecule has 0 aliphatic heterocycles. The van der Waals surface area contributed by atoms with Gasteiger partial charge < -0.3 is 10.6 Å². The number of nitrogens with zero attached hydrogens (tertiary/aromatic N) is 2. The van der Waals surface area contributed by atoms with Crippen LogP contribution in [0.5, 0.6) is 0 Å². The molecule has 0 amide bonds. The maximum Gasteiger partial charge on any atom is 0.171 e. The Morgan fingerprint density at radius 3 is 2.60 bits per heavy atom. The summed E-state index contributed by atoms with van der Waals surface area (Å²) < 4.78 is 1.82. The first-order valence-electron chi connectivity index (χ1n) is 6.60. The Morgan fingerprint density at radius 1 is 1.30 bits per heavy atom. The summed E-state index contributed by atoms with van der Waals surface area (Å²) in [7, 11) is 1.92. The van der Waals surface area contributed by atoms with E-state index in [1.54, 1.807) is 0 Å². The third-order valence-corrected chi connectivity index (χ3v) is 3.48. The van der Waals surface area contributed by atoms with Gasteiger partial charge in [0, 0.05) is 24.5 Å². The first-order chi connectivity index (χ1) is 9.47. The topological polar surface area (TPSA) is 41.9 Å². The van der Waals surface area contributed by atoms with Gasteiger partial charge in [-0.15, -0.1) is 0 Å². The number of aromatic nitrogens is 2. The molecule has 2 rings (SSSR count). The fourth-order valence-corrected chi connectivity index (χ4v) is 2.48. The molecule has 1 unspecified atom stereocenters. The number of nitrogens with one attached hydrogen (secondary N) is 2. The second kappa shape index (κ2) is 6.05. The number of para-hydroxylation sites is 1. The minimum atomic E-state index is 0.118. The van der Waals surface area contributed by atoms with E-state index in [-0.39, 0.29) is 6.04 Å². The van der Waals surface area contributed by atoms with Crippen LogP contribution in [0.2, 0.25) is 0 Å². The van der Waals surface area contributed by atoms with Crippen LogP contribution in [-0.2, 0) is 7.05 Å². The Morgan fingerprint density at radius 2 is 2.00 bits per heavy atom. The van der Waals surface area contributed by atoms with Crippen molar-refractivity contribution in [3.63, 3.8) is 0 Å². The minimum absolute atomic E-state index is 0.118. The van der Waals surface area contributed by atoms with Gasteiger partial charge in [0.2, 0.25) is 0 Å². The number of hydrogen-bond acceptors (Lipinski definition) is 2. The van der Waals surface area contributed by atoms with Gasteiger partial charge in [0.05, 0.1) is 11.7 Å². The van der Waals surface area contributed by atoms with E-state index in [1.807, 2.05) is 43.0 Å². The van der Waals surface area contributed by atoms with E-state index in [1.165, 1.54) is 5.56 Å². The quantitative estimate of drug-likeness (QED) is 0.852. The highest BCUT2D eigenvalue weighted by Crippen LogP contribution is 2.17. The van der Waals surface area contributed by atoms with Crippen molar-refractivity contribution >= 4 is 23.0 Å². The van der Waals surface area contributed by atoms with Crippen molar-refractivity contribution in [1.82, 2.24) is 15.1 Å². The average molecular weight is 288 g/mol. The summed E-state index contributed by atoms with van der Waals surface area (Å²) in [6.07, 6.45) is 2.02. The van der Waals surface area contributed by atoms with E-state index in [2.05, 4.69) is 35.6 Å². The number of hydrogen-bond donors (Lipinski definition) is 2. The van der Waals surface area contributed by atoms with E-state index in [9.17, 15) is 0 Å². The van der Waals surface area contributed by atoms with Gasteiger partial charge in [-0.05, 0) is 44.6 Å². The standard InChI is InChI=1S/C15H20N4S/c1-10-7-5-6-8-14(10)17-15(20)16-11(2)13-9-19(4)18-12(13)3/h5-9,11H,1-4H3,(H2,16,17,20). The summed E-state index contributed by atoms with van der Waals surface area (Å²) in [6.45, 7) is 6.14. The van der Waals surface area contributed by atoms with Gasteiger partial charge >= 0.3 is 0 Å². The molecule has 0 spiro atoms. The zero-order chi connectivity index (χ0) is 14.7. The van der Waals surface area contributed by atoms with Gasteiger partial charge in [0.1, 0.15) is 0 Å². The lowest BCUT2D eigenvalue weighted by molar-refractivity contribution is 0.715. The smallest absolute Gasteiger partial charge is 0.171 e. The van der Waals surface area contributed by atoms with Crippen molar-refractivity contribution in [1.29, 1.82) is 0 Å². The largest absolute Gasteiger partial charge is 0.356 e. The first kappa shape index (κ1) is 14.5. The number of benzene rings is 1. The van der Waals surface area contributed by atoms with Crippen LogP contribution < -0.4 is 10.6 Å². The summed E-state index contributed by atoms with van der Waals surface area (Å²) >= 11 is 5.37. The van der Waals surface area contributed by atoms with Gasteiger partial charge in [-0.2, -0.15) is 5.10 Å². The highest BCUT2D eigenvalue weighted by Gasteiger charge is 2.12. The van der Waals surface area contributed by atoms with Crippen molar-refractivity contribution in [3.05, 3.63) is 47.3 Å². The molecule has 4 nitrogen and oxygen atoms in total. The Hall–Kier alpha value is -1.88. The second-order valence-electron chi connectivity index (χ2n) is 4.98. The molecule has 0 aliphatic carbocycles. The predicted molar refractivity (Wildman–Crippen MR) is 86.9 cm³/mol. The molecule has 0 fully saturated rings. The molecule has 1 aromatic heterocycles. The molecule has 0 radical (unpaired) electrons. The molecule has 106 valence electrons. The molecular formula is C15H20N4S. The fraction of sp³-hybridized carbons (Fsp3) is 0.333. The molecule has 0 saturated heterocycles. The average Bonchev–Trinajstić information content (AvgIpc) is 2.71. The van der Waals surface area contributed by atoms with Crippen LogP contribution in [0, 0.1) is 13.8 Å². The number of aryl methyl sites for hydroxylation is 3. The van der Waals surface area contributed by atoms with Crippen LogP contribution in [0.15, 0.2) is 30.5 Å². The molecule has 5 heteroatoms. The molecule has 0 bridgehead atoms. The number of rotatable bonds is 3. The molecule has 0 saturated carbocycles. The second-order valence-corrected chi connectivity index (χ2v) is 5.39. The molecule has 2 aromatic rings. The molecule has 1 atom stereocenters. The van der Waals surface area contributed by atoms with E-state index < -0.39 is 0 Å². The van der Waals surface area contributed by atoms with Gasteiger partial charge in [-0.3, -0.25) is 4.68 Å². The van der Waals surface area contributed by atoms with Crippen LogP contribution in [0.4, 0.5) is 5.69 Å². The van der Waals surface area contributed by atoms with Crippen molar-refractivity contribution in [2.45, 2.75) is 26.8 Å². The third kappa shape index (κ3) is 3.36. The number of thiocarbonyl (C=S) groups is 1. The fourth-order valence-electron chi connectivity index (χ4n) is 2.19. The highest BCUT2D eigenvalue weighted by atomic mass is 32.1. The SMILES string of the molecule is Cc1ccccc1NC(=S)NC(C)c1cn(C)nc1C. The zero-order valence-electron chi connectivity index (χ0n) is 12.3. The summed E-state index contributed by atoms with van der Waals surface area (Å²) in [6, 6.07) is 8.20. The molecule has 2 N–H and O–H groups in total. The Balaban J connectivity index is 2.01. The van der Waals surface area contributed by atoms with Crippen LogP contribution in [0.25, 0.3) is 0 Å². The Labute approximate surface area is 125 Å². The zero-order valence-corrected chi connectivity index (χ0v) is 13.1.